The van der Waals surface area contributed by atoms with Gasteiger partial charge in [0.05, 0.1) is 18.7 Å². The molecule has 1 aromatic heterocycles. The second kappa shape index (κ2) is 4.53. The fourth-order valence-electron chi connectivity index (χ4n) is 2.38. The Labute approximate surface area is 104 Å². The number of benzene rings is 1. The van der Waals surface area contributed by atoms with Crippen molar-refractivity contribution in [2.24, 2.45) is 5.92 Å². The van der Waals surface area contributed by atoms with Crippen molar-refractivity contribution >= 4 is 16.7 Å². The molecule has 4 heteroatoms. The second-order valence-corrected chi connectivity index (χ2v) is 4.67. The standard InChI is InChI=1S/C14H14FNO2/c15-12-2-1-10-3-5-16(13(10)7-12)8-14(17)11-4-6-18-9-11/h1-3,5,7,11H,4,6,8-9H2. The maximum Gasteiger partial charge on any atom is 0.157 e. The summed E-state index contributed by atoms with van der Waals surface area (Å²) in [6.45, 7) is 1.48. The maximum absolute atomic E-state index is 13.2. The van der Waals surface area contributed by atoms with Crippen molar-refractivity contribution in [2.75, 3.05) is 13.2 Å². The number of hydrogen-bond donors (Lipinski definition) is 0. The highest BCUT2D eigenvalue weighted by atomic mass is 19.1. The van der Waals surface area contributed by atoms with Crippen LogP contribution in [0.2, 0.25) is 0 Å². The van der Waals surface area contributed by atoms with E-state index < -0.39 is 0 Å². The zero-order valence-corrected chi connectivity index (χ0v) is 9.93. The molecular weight excluding hydrogens is 233 g/mol. The highest BCUT2D eigenvalue weighted by molar-refractivity contribution is 5.85. The third-order valence-corrected chi connectivity index (χ3v) is 3.45. The minimum absolute atomic E-state index is 0.00370. The topological polar surface area (TPSA) is 31.2 Å². The minimum atomic E-state index is -0.279. The Morgan fingerprint density at radius 1 is 1.44 bits per heavy atom. The molecule has 0 amide bonds. The zero-order valence-electron chi connectivity index (χ0n) is 9.93. The summed E-state index contributed by atoms with van der Waals surface area (Å²) in [6.07, 6.45) is 2.63. The van der Waals surface area contributed by atoms with Gasteiger partial charge >= 0.3 is 0 Å². The van der Waals surface area contributed by atoms with Gasteiger partial charge in [0.25, 0.3) is 0 Å². The number of fused-ring (bicyclic) bond motifs is 1. The second-order valence-electron chi connectivity index (χ2n) is 4.67. The number of ether oxygens (including phenoxy) is 1. The van der Waals surface area contributed by atoms with E-state index in [1.807, 2.05) is 12.3 Å². The largest absolute Gasteiger partial charge is 0.381 e. The monoisotopic (exact) mass is 247 g/mol. The van der Waals surface area contributed by atoms with E-state index in [4.69, 9.17) is 4.74 Å². The van der Waals surface area contributed by atoms with E-state index in [9.17, 15) is 9.18 Å². The van der Waals surface area contributed by atoms with E-state index in [0.29, 0.717) is 19.8 Å². The molecule has 0 spiro atoms. The van der Waals surface area contributed by atoms with Crippen LogP contribution in [-0.4, -0.2) is 23.6 Å². The Balaban J connectivity index is 1.85. The first-order valence-electron chi connectivity index (χ1n) is 6.09. The quantitative estimate of drug-likeness (QED) is 0.834. The van der Waals surface area contributed by atoms with Crippen LogP contribution in [0.25, 0.3) is 10.9 Å². The molecule has 94 valence electrons. The fraction of sp³-hybridized carbons (Fsp3) is 0.357. The summed E-state index contributed by atoms with van der Waals surface area (Å²) in [4.78, 5) is 12.0. The van der Waals surface area contributed by atoms with E-state index >= 15 is 0 Å². The highest BCUT2D eigenvalue weighted by Crippen LogP contribution is 2.19. The predicted molar refractivity (Wildman–Crippen MR) is 65.8 cm³/mol. The van der Waals surface area contributed by atoms with Crippen molar-refractivity contribution in [3.05, 3.63) is 36.3 Å². The number of carbonyl (C=O) groups is 1. The van der Waals surface area contributed by atoms with Gasteiger partial charge in [0.15, 0.2) is 5.78 Å². The molecule has 1 aliphatic heterocycles. The van der Waals surface area contributed by atoms with Gasteiger partial charge in [0.2, 0.25) is 0 Å². The lowest BCUT2D eigenvalue weighted by Gasteiger charge is -2.08. The lowest BCUT2D eigenvalue weighted by molar-refractivity contribution is -0.123. The Morgan fingerprint density at radius 3 is 3.11 bits per heavy atom. The van der Waals surface area contributed by atoms with Gasteiger partial charge < -0.3 is 9.30 Å². The minimum Gasteiger partial charge on any atom is -0.381 e. The van der Waals surface area contributed by atoms with Crippen molar-refractivity contribution in [2.45, 2.75) is 13.0 Å². The van der Waals surface area contributed by atoms with Gasteiger partial charge in [-0.3, -0.25) is 4.79 Å². The van der Waals surface area contributed by atoms with Gasteiger partial charge in [-0.25, -0.2) is 4.39 Å². The Hall–Kier alpha value is -1.68. The Kier molecular flexibility index (Phi) is 2.88. The molecule has 0 aliphatic carbocycles. The van der Waals surface area contributed by atoms with Crippen LogP contribution in [0.1, 0.15) is 6.42 Å². The average molecular weight is 247 g/mol. The number of hydrogen-bond acceptors (Lipinski definition) is 2. The summed E-state index contributed by atoms with van der Waals surface area (Å²) in [5, 5.41) is 0.951. The molecular formula is C14H14FNO2. The smallest absolute Gasteiger partial charge is 0.157 e. The van der Waals surface area contributed by atoms with E-state index in [0.717, 1.165) is 17.3 Å². The molecule has 2 aromatic rings. The van der Waals surface area contributed by atoms with Gasteiger partial charge in [-0.05, 0) is 36.1 Å². The molecule has 1 fully saturated rings. The molecule has 1 atom stereocenters. The third-order valence-electron chi connectivity index (χ3n) is 3.45. The highest BCUT2D eigenvalue weighted by Gasteiger charge is 2.23. The molecule has 1 aromatic carbocycles. The first-order chi connectivity index (χ1) is 8.74. The molecule has 1 unspecified atom stereocenters. The third kappa shape index (κ3) is 2.04. The number of nitrogens with zero attached hydrogens (tertiary/aromatic N) is 1. The first-order valence-corrected chi connectivity index (χ1v) is 6.09. The molecule has 3 rings (SSSR count). The summed E-state index contributed by atoms with van der Waals surface area (Å²) in [5.74, 6) is -0.121. The van der Waals surface area contributed by atoms with Gasteiger partial charge in [0.1, 0.15) is 5.82 Å². The fourth-order valence-corrected chi connectivity index (χ4v) is 2.38. The molecule has 18 heavy (non-hydrogen) atoms. The Morgan fingerprint density at radius 2 is 2.33 bits per heavy atom. The van der Waals surface area contributed by atoms with E-state index in [1.165, 1.54) is 12.1 Å². The summed E-state index contributed by atoms with van der Waals surface area (Å²) < 4.78 is 20.2. The van der Waals surface area contributed by atoms with Crippen LogP contribution in [-0.2, 0) is 16.1 Å². The van der Waals surface area contributed by atoms with Crippen molar-refractivity contribution in [3.63, 3.8) is 0 Å². The van der Waals surface area contributed by atoms with Crippen molar-refractivity contribution in [3.8, 4) is 0 Å². The molecule has 0 bridgehead atoms. The van der Waals surface area contributed by atoms with Crippen molar-refractivity contribution < 1.29 is 13.9 Å². The van der Waals surface area contributed by atoms with Crippen LogP contribution in [0.3, 0.4) is 0 Å². The van der Waals surface area contributed by atoms with Crippen LogP contribution < -0.4 is 0 Å². The maximum atomic E-state index is 13.2. The van der Waals surface area contributed by atoms with Gasteiger partial charge in [-0.2, -0.15) is 0 Å². The summed E-state index contributed by atoms with van der Waals surface area (Å²) in [7, 11) is 0. The lowest BCUT2D eigenvalue weighted by atomic mass is 10.0. The first kappa shape index (κ1) is 11.4. The van der Waals surface area contributed by atoms with Crippen molar-refractivity contribution in [1.29, 1.82) is 0 Å². The van der Waals surface area contributed by atoms with Crippen LogP contribution in [0.15, 0.2) is 30.5 Å². The lowest BCUT2D eigenvalue weighted by Crippen LogP contribution is -2.19. The van der Waals surface area contributed by atoms with E-state index in [-0.39, 0.29) is 17.5 Å². The average Bonchev–Trinajstić information content (AvgIpc) is 2.99. The van der Waals surface area contributed by atoms with E-state index in [2.05, 4.69) is 0 Å². The molecule has 0 saturated carbocycles. The van der Waals surface area contributed by atoms with Crippen LogP contribution in [0, 0.1) is 11.7 Å². The van der Waals surface area contributed by atoms with Gasteiger partial charge in [-0.1, -0.05) is 0 Å². The normalized spacial score (nSPS) is 19.5. The number of Topliss-reactive ketones (excluding diaryl/α,β-unsaturated/α-hetero) is 1. The SMILES string of the molecule is O=C(Cn1ccc2ccc(F)cc21)C1CCOC1. The van der Waals surface area contributed by atoms with E-state index in [1.54, 1.807) is 10.6 Å². The molecule has 1 saturated heterocycles. The summed E-state index contributed by atoms with van der Waals surface area (Å²) in [6, 6.07) is 6.52. The molecule has 0 N–H and O–H groups in total. The zero-order chi connectivity index (χ0) is 12.5. The number of ketones is 1. The van der Waals surface area contributed by atoms with Gasteiger partial charge in [-0.15, -0.1) is 0 Å². The van der Waals surface area contributed by atoms with Crippen LogP contribution >= 0.6 is 0 Å². The molecule has 2 heterocycles. The number of halogens is 1. The number of carbonyl (C=O) groups excluding carboxylic acids is 1. The summed E-state index contributed by atoms with van der Waals surface area (Å²) in [5.41, 5.74) is 0.766. The number of rotatable bonds is 3. The summed E-state index contributed by atoms with van der Waals surface area (Å²) >= 11 is 0. The number of aromatic nitrogens is 1. The molecule has 3 nitrogen and oxygen atoms in total. The molecule has 0 radical (unpaired) electrons. The van der Waals surface area contributed by atoms with Gasteiger partial charge in [0, 0.05) is 18.7 Å². The predicted octanol–water partition coefficient (Wildman–Crippen LogP) is 2.39. The Bertz CT molecular complexity index is 584. The van der Waals surface area contributed by atoms with Crippen LogP contribution in [0.5, 0.6) is 0 Å². The van der Waals surface area contributed by atoms with Crippen molar-refractivity contribution in [1.82, 2.24) is 4.57 Å². The molecule has 1 aliphatic rings. The van der Waals surface area contributed by atoms with Crippen LogP contribution in [0.4, 0.5) is 4.39 Å².